The van der Waals surface area contributed by atoms with Crippen molar-refractivity contribution in [3.05, 3.63) is 0 Å². The van der Waals surface area contributed by atoms with E-state index in [0.717, 1.165) is 5.75 Å². The molecule has 0 amide bonds. The van der Waals surface area contributed by atoms with Crippen LogP contribution in [0.15, 0.2) is 0 Å². The molecule has 1 aliphatic rings. The number of hydrogen-bond acceptors (Lipinski definition) is 3. The molecule has 0 bridgehead atoms. The highest BCUT2D eigenvalue weighted by molar-refractivity contribution is 7.99. The van der Waals surface area contributed by atoms with Crippen molar-refractivity contribution in [3.63, 3.8) is 0 Å². The molecule has 0 saturated heterocycles. The summed E-state index contributed by atoms with van der Waals surface area (Å²) in [6.45, 7) is 4.25. The predicted molar refractivity (Wildman–Crippen MR) is 67.0 cm³/mol. The van der Waals surface area contributed by atoms with Gasteiger partial charge in [0, 0.05) is 11.8 Å². The lowest BCUT2D eigenvalue weighted by Crippen LogP contribution is -2.44. The highest BCUT2D eigenvalue weighted by Gasteiger charge is 2.32. The third-order valence-corrected chi connectivity index (χ3v) is 3.99. The van der Waals surface area contributed by atoms with Gasteiger partial charge in [0.05, 0.1) is 6.07 Å². The zero-order valence-electron chi connectivity index (χ0n) is 9.88. The third-order valence-electron chi connectivity index (χ3n) is 2.63. The van der Waals surface area contributed by atoms with Gasteiger partial charge >= 0.3 is 0 Å². The van der Waals surface area contributed by atoms with Gasteiger partial charge in [0.2, 0.25) is 0 Å². The Morgan fingerprint density at radius 2 is 2.20 bits per heavy atom. The lowest BCUT2D eigenvalue weighted by atomic mass is 10.1. The summed E-state index contributed by atoms with van der Waals surface area (Å²) in [7, 11) is 0. The monoisotopic (exact) mass is 226 g/mol. The topological polar surface area (TPSA) is 35.8 Å². The van der Waals surface area contributed by atoms with Crippen LogP contribution in [0.4, 0.5) is 0 Å². The van der Waals surface area contributed by atoms with E-state index in [2.05, 4.69) is 18.3 Å². The fraction of sp³-hybridized carbons (Fsp3) is 0.917. The molecule has 1 saturated carbocycles. The molecule has 86 valence electrons. The molecule has 0 heterocycles. The molecule has 0 aromatic heterocycles. The minimum absolute atomic E-state index is 0.307. The van der Waals surface area contributed by atoms with Gasteiger partial charge in [-0.2, -0.15) is 17.0 Å². The summed E-state index contributed by atoms with van der Waals surface area (Å²) in [5.74, 6) is 2.11. The number of thioether (sulfide) groups is 1. The van der Waals surface area contributed by atoms with E-state index in [0.29, 0.717) is 6.04 Å². The second kappa shape index (κ2) is 6.40. The molecule has 1 fully saturated rings. The average Bonchev–Trinajstić information content (AvgIpc) is 3.01. The Labute approximate surface area is 97.8 Å². The van der Waals surface area contributed by atoms with E-state index >= 15 is 0 Å². The first-order chi connectivity index (χ1) is 7.20. The molecule has 1 atom stereocenters. The summed E-state index contributed by atoms with van der Waals surface area (Å²) in [6, 6.07) is 3.03. The van der Waals surface area contributed by atoms with Crippen LogP contribution in [0.2, 0.25) is 0 Å². The third kappa shape index (κ3) is 5.44. The Bertz CT molecular complexity index is 220. The smallest absolute Gasteiger partial charge is 0.113 e. The van der Waals surface area contributed by atoms with Gasteiger partial charge in [0.25, 0.3) is 0 Å². The van der Waals surface area contributed by atoms with Crippen LogP contribution in [0.25, 0.3) is 0 Å². The molecule has 0 aromatic carbocycles. The molecule has 0 aliphatic heterocycles. The van der Waals surface area contributed by atoms with E-state index in [1.807, 2.05) is 18.7 Å². The van der Waals surface area contributed by atoms with E-state index in [1.54, 1.807) is 0 Å². The second-order valence-electron chi connectivity index (χ2n) is 4.62. The average molecular weight is 226 g/mol. The summed E-state index contributed by atoms with van der Waals surface area (Å²) in [5.41, 5.74) is -0.307. The molecule has 1 unspecified atom stereocenters. The van der Waals surface area contributed by atoms with Gasteiger partial charge in [-0.05, 0) is 31.9 Å². The van der Waals surface area contributed by atoms with Crippen LogP contribution in [-0.4, -0.2) is 23.1 Å². The SMILES string of the molecule is CCCCCSCC(C)(C#N)NC1CC1. The maximum absolute atomic E-state index is 9.14. The summed E-state index contributed by atoms with van der Waals surface area (Å²) >= 11 is 1.91. The number of nitrogens with one attached hydrogen (secondary N) is 1. The lowest BCUT2D eigenvalue weighted by Gasteiger charge is -2.22. The number of nitriles is 1. The van der Waals surface area contributed by atoms with Crippen LogP contribution in [-0.2, 0) is 0 Å². The number of hydrogen-bond donors (Lipinski definition) is 1. The Kier molecular flexibility index (Phi) is 5.49. The molecule has 0 spiro atoms. The molecule has 3 heteroatoms. The first kappa shape index (κ1) is 12.9. The first-order valence-electron chi connectivity index (χ1n) is 5.97. The number of rotatable bonds is 8. The normalized spacial score (nSPS) is 19.5. The van der Waals surface area contributed by atoms with Gasteiger partial charge in [-0.3, -0.25) is 5.32 Å². The fourth-order valence-corrected chi connectivity index (χ4v) is 2.62. The van der Waals surface area contributed by atoms with Gasteiger partial charge in [-0.15, -0.1) is 0 Å². The van der Waals surface area contributed by atoms with Gasteiger partial charge < -0.3 is 0 Å². The maximum Gasteiger partial charge on any atom is 0.113 e. The Morgan fingerprint density at radius 3 is 2.73 bits per heavy atom. The molecule has 1 rings (SSSR count). The fourth-order valence-electron chi connectivity index (χ4n) is 1.51. The van der Waals surface area contributed by atoms with Crippen LogP contribution in [0.5, 0.6) is 0 Å². The summed E-state index contributed by atoms with van der Waals surface area (Å²) < 4.78 is 0. The largest absolute Gasteiger partial charge is 0.296 e. The van der Waals surface area contributed by atoms with Crippen LogP contribution in [0, 0.1) is 11.3 Å². The van der Waals surface area contributed by atoms with E-state index in [-0.39, 0.29) is 5.54 Å². The van der Waals surface area contributed by atoms with E-state index < -0.39 is 0 Å². The van der Waals surface area contributed by atoms with Crippen molar-refractivity contribution < 1.29 is 0 Å². The standard InChI is InChI=1S/C12H22N2S/c1-3-4-5-8-15-10-12(2,9-13)14-11-6-7-11/h11,14H,3-8,10H2,1-2H3. The zero-order valence-corrected chi connectivity index (χ0v) is 10.7. The molecular formula is C12H22N2S. The van der Waals surface area contributed by atoms with E-state index in [9.17, 15) is 0 Å². The molecule has 1 aliphatic carbocycles. The molecule has 0 aromatic rings. The molecule has 15 heavy (non-hydrogen) atoms. The first-order valence-corrected chi connectivity index (χ1v) is 7.12. The molecule has 1 N–H and O–H groups in total. The Morgan fingerprint density at radius 1 is 1.47 bits per heavy atom. The highest BCUT2D eigenvalue weighted by Crippen LogP contribution is 2.24. The quantitative estimate of drug-likeness (QED) is 0.646. The van der Waals surface area contributed by atoms with Crippen molar-refractivity contribution in [1.29, 1.82) is 5.26 Å². The summed E-state index contributed by atoms with van der Waals surface area (Å²) in [5, 5.41) is 12.6. The van der Waals surface area contributed by atoms with Crippen molar-refractivity contribution in [2.24, 2.45) is 0 Å². The molecular weight excluding hydrogens is 204 g/mol. The van der Waals surface area contributed by atoms with Gasteiger partial charge in [0.15, 0.2) is 0 Å². The van der Waals surface area contributed by atoms with Crippen LogP contribution < -0.4 is 5.32 Å². The van der Waals surface area contributed by atoms with E-state index in [1.165, 1.54) is 37.9 Å². The summed E-state index contributed by atoms with van der Waals surface area (Å²) in [6.07, 6.45) is 6.37. The van der Waals surface area contributed by atoms with Crippen molar-refractivity contribution in [2.75, 3.05) is 11.5 Å². The van der Waals surface area contributed by atoms with Crippen LogP contribution in [0.3, 0.4) is 0 Å². The minimum Gasteiger partial charge on any atom is -0.296 e. The Balaban J connectivity index is 2.12. The maximum atomic E-state index is 9.14. The summed E-state index contributed by atoms with van der Waals surface area (Å²) in [4.78, 5) is 0. The van der Waals surface area contributed by atoms with Crippen molar-refractivity contribution in [3.8, 4) is 6.07 Å². The van der Waals surface area contributed by atoms with Crippen molar-refractivity contribution >= 4 is 11.8 Å². The molecule has 0 radical (unpaired) electrons. The number of nitrogens with zero attached hydrogens (tertiary/aromatic N) is 1. The van der Waals surface area contributed by atoms with Gasteiger partial charge in [-0.1, -0.05) is 19.8 Å². The highest BCUT2D eigenvalue weighted by atomic mass is 32.2. The Hall–Kier alpha value is -0.200. The van der Waals surface area contributed by atoms with E-state index in [4.69, 9.17) is 5.26 Å². The predicted octanol–water partition coefficient (Wildman–Crippen LogP) is 2.94. The molecule has 2 nitrogen and oxygen atoms in total. The van der Waals surface area contributed by atoms with Crippen LogP contribution in [0.1, 0.15) is 46.0 Å². The lowest BCUT2D eigenvalue weighted by molar-refractivity contribution is 0.490. The van der Waals surface area contributed by atoms with Crippen LogP contribution >= 0.6 is 11.8 Å². The minimum atomic E-state index is -0.307. The zero-order chi connectivity index (χ0) is 11.1. The number of unbranched alkanes of at least 4 members (excludes halogenated alkanes) is 2. The van der Waals surface area contributed by atoms with Crippen molar-refractivity contribution in [1.82, 2.24) is 5.32 Å². The second-order valence-corrected chi connectivity index (χ2v) is 5.73. The van der Waals surface area contributed by atoms with Gasteiger partial charge in [0.1, 0.15) is 5.54 Å². The van der Waals surface area contributed by atoms with Gasteiger partial charge in [-0.25, -0.2) is 0 Å². The van der Waals surface area contributed by atoms with Crippen molar-refractivity contribution in [2.45, 2.75) is 57.5 Å².